The number of aromatic nitrogens is 4. The van der Waals surface area contributed by atoms with Crippen molar-refractivity contribution >= 4 is 34.0 Å². The summed E-state index contributed by atoms with van der Waals surface area (Å²) in [4.78, 5) is 22.5. The lowest BCUT2D eigenvalue weighted by Gasteiger charge is -2.16. The third-order valence-electron chi connectivity index (χ3n) is 6.16. The minimum absolute atomic E-state index is 0.0230. The lowest BCUT2D eigenvalue weighted by molar-refractivity contribution is -0.130. The van der Waals surface area contributed by atoms with Crippen LogP contribution in [0.25, 0.3) is 21.9 Å². The number of benzene rings is 1. The highest BCUT2D eigenvalue weighted by molar-refractivity contribution is 5.98. The number of nitrogens with one attached hydrogen (secondary N) is 1. The van der Waals surface area contributed by atoms with Crippen molar-refractivity contribution in [1.82, 2.24) is 24.6 Å². The monoisotopic (exact) mass is 445 g/mol. The van der Waals surface area contributed by atoms with Crippen LogP contribution < -0.4 is 11.1 Å². The van der Waals surface area contributed by atoms with Crippen molar-refractivity contribution in [2.45, 2.75) is 26.3 Å². The zero-order valence-electron chi connectivity index (χ0n) is 18.6. The van der Waals surface area contributed by atoms with E-state index >= 15 is 4.39 Å². The van der Waals surface area contributed by atoms with E-state index in [9.17, 15) is 4.79 Å². The molecule has 33 heavy (non-hydrogen) atoms. The summed E-state index contributed by atoms with van der Waals surface area (Å²) in [7, 11) is 1.80. The SMILES string of the molecule is Cc1ccncc1-c1cc2cc(Nc3cc4n(n3)CC(=O)N(C)CC4C)ncc2c(N)c1F. The molecule has 3 N–H and O–H groups in total. The highest BCUT2D eigenvalue weighted by Gasteiger charge is 2.24. The Kier molecular flexibility index (Phi) is 4.96. The first-order chi connectivity index (χ1) is 15.8. The fourth-order valence-electron chi connectivity index (χ4n) is 4.31. The zero-order valence-corrected chi connectivity index (χ0v) is 18.6. The maximum atomic E-state index is 15.1. The number of pyridine rings is 2. The molecule has 3 aromatic heterocycles. The van der Waals surface area contributed by atoms with Crippen LogP contribution >= 0.6 is 0 Å². The largest absolute Gasteiger partial charge is 0.396 e. The van der Waals surface area contributed by atoms with Crippen LogP contribution in [0, 0.1) is 12.7 Å². The van der Waals surface area contributed by atoms with Gasteiger partial charge in [-0.3, -0.25) is 14.5 Å². The molecule has 0 saturated heterocycles. The number of hydrogen-bond donors (Lipinski definition) is 2. The van der Waals surface area contributed by atoms with Crippen LogP contribution in [0.4, 0.5) is 21.7 Å². The Morgan fingerprint density at radius 1 is 1.18 bits per heavy atom. The number of likely N-dealkylation sites (N-methyl/N-ethyl adjacent to an activating group) is 1. The van der Waals surface area contributed by atoms with Gasteiger partial charge < -0.3 is 16.0 Å². The van der Waals surface area contributed by atoms with Crippen molar-refractivity contribution in [2.75, 3.05) is 24.6 Å². The van der Waals surface area contributed by atoms with Gasteiger partial charge in [0.15, 0.2) is 11.6 Å². The van der Waals surface area contributed by atoms with Crippen molar-refractivity contribution < 1.29 is 9.18 Å². The molecule has 1 aliphatic heterocycles. The van der Waals surface area contributed by atoms with Gasteiger partial charge >= 0.3 is 0 Å². The molecular weight excluding hydrogens is 421 g/mol. The molecule has 1 amide bonds. The number of fused-ring (bicyclic) bond motifs is 2. The summed E-state index contributed by atoms with van der Waals surface area (Å²) in [5, 5.41) is 9.04. The number of carbonyl (C=O) groups excluding carboxylic acids is 1. The van der Waals surface area contributed by atoms with Crippen LogP contribution in [-0.2, 0) is 11.3 Å². The standard InChI is InChI=1S/C24H24FN7O/c1-13-4-5-27-9-17(13)16-6-15-7-20(28-10-18(15)24(26)23(16)25)29-21-8-19-14(2)11-31(3)22(33)12-32(19)30-21/h4-10,14H,11-12,26H2,1-3H3,(H,28,29,30). The average Bonchev–Trinajstić information content (AvgIpc) is 3.14. The second kappa shape index (κ2) is 7.84. The fraction of sp³-hybridized carbons (Fsp3) is 0.250. The van der Waals surface area contributed by atoms with E-state index in [0.29, 0.717) is 34.7 Å². The van der Waals surface area contributed by atoms with Gasteiger partial charge in [-0.2, -0.15) is 5.10 Å². The summed E-state index contributed by atoms with van der Waals surface area (Å²) in [6.07, 6.45) is 4.86. The Bertz CT molecular complexity index is 1400. The second-order valence-electron chi connectivity index (χ2n) is 8.55. The van der Waals surface area contributed by atoms with Gasteiger partial charge in [0.05, 0.1) is 5.69 Å². The number of carbonyl (C=O) groups is 1. The van der Waals surface area contributed by atoms with Gasteiger partial charge in [0.1, 0.15) is 12.4 Å². The van der Waals surface area contributed by atoms with Crippen molar-refractivity contribution in [2.24, 2.45) is 0 Å². The smallest absolute Gasteiger partial charge is 0.244 e. The molecule has 0 bridgehead atoms. The number of hydrogen-bond acceptors (Lipinski definition) is 6. The van der Waals surface area contributed by atoms with Gasteiger partial charge in [-0.05, 0) is 36.1 Å². The Labute approximate surface area is 190 Å². The fourth-order valence-corrected chi connectivity index (χ4v) is 4.31. The molecule has 0 radical (unpaired) electrons. The summed E-state index contributed by atoms with van der Waals surface area (Å²) < 4.78 is 16.8. The summed E-state index contributed by atoms with van der Waals surface area (Å²) in [6.45, 7) is 4.81. The Morgan fingerprint density at radius 2 is 2.00 bits per heavy atom. The molecule has 4 heterocycles. The van der Waals surface area contributed by atoms with E-state index in [1.54, 1.807) is 41.3 Å². The molecule has 5 rings (SSSR count). The van der Waals surface area contributed by atoms with Gasteiger partial charge in [-0.15, -0.1) is 0 Å². The number of anilines is 3. The molecule has 1 aromatic carbocycles. The highest BCUT2D eigenvalue weighted by Crippen LogP contribution is 2.35. The number of nitrogen functional groups attached to an aromatic ring is 1. The van der Waals surface area contributed by atoms with Crippen molar-refractivity contribution in [3.05, 3.63) is 59.9 Å². The summed E-state index contributed by atoms with van der Waals surface area (Å²) >= 11 is 0. The first-order valence-corrected chi connectivity index (χ1v) is 10.7. The first kappa shape index (κ1) is 20.9. The van der Waals surface area contributed by atoms with E-state index in [4.69, 9.17) is 5.73 Å². The van der Waals surface area contributed by atoms with Crippen LogP contribution in [-0.4, -0.2) is 44.1 Å². The Hall–Kier alpha value is -4.01. The molecule has 1 atom stereocenters. The van der Waals surface area contributed by atoms with Crippen LogP contribution in [0.5, 0.6) is 0 Å². The molecule has 1 unspecified atom stereocenters. The number of aryl methyl sites for hydroxylation is 1. The van der Waals surface area contributed by atoms with Crippen LogP contribution in [0.3, 0.4) is 0 Å². The lowest BCUT2D eigenvalue weighted by atomic mass is 9.98. The van der Waals surface area contributed by atoms with Crippen LogP contribution in [0.1, 0.15) is 24.1 Å². The molecule has 9 heteroatoms. The van der Waals surface area contributed by atoms with Crippen LogP contribution in [0.2, 0.25) is 0 Å². The second-order valence-corrected chi connectivity index (χ2v) is 8.55. The molecule has 1 aliphatic rings. The highest BCUT2D eigenvalue weighted by atomic mass is 19.1. The van der Waals surface area contributed by atoms with E-state index in [2.05, 4.69) is 27.3 Å². The van der Waals surface area contributed by atoms with Gasteiger partial charge in [0.25, 0.3) is 0 Å². The van der Waals surface area contributed by atoms with Gasteiger partial charge in [0, 0.05) is 66.4 Å². The normalized spacial score (nSPS) is 16.1. The van der Waals surface area contributed by atoms with Crippen LogP contribution in [0.15, 0.2) is 42.9 Å². The molecular formula is C24H24FN7O. The quantitative estimate of drug-likeness (QED) is 0.465. The van der Waals surface area contributed by atoms with Crippen molar-refractivity contribution in [1.29, 1.82) is 0 Å². The van der Waals surface area contributed by atoms with Gasteiger partial charge in [-0.25, -0.2) is 9.37 Å². The number of amides is 1. The lowest BCUT2D eigenvalue weighted by Crippen LogP contribution is -2.29. The molecule has 8 nitrogen and oxygen atoms in total. The summed E-state index contributed by atoms with van der Waals surface area (Å²) in [5.74, 6) is 0.839. The molecule has 0 fully saturated rings. The van der Waals surface area contributed by atoms with Crippen molar-refractivity contribution in [3.63, 3.8) is 0 Å². The number of halogens is 1. The molecule has 0 aliphatic carbocycles. The summed E-state index contributed by atoms with van der Waals surface area (Å²) in [6, 6.07) is 7.34. The third kappa shape index (κ3) is 3.65. The van der Waals surface area contributed by atoms with E-state index in [1.165, 1.54) is 0 Å². The van der Waals surface area contributed by atoms with Gasteiger partial charge in [-0.1, -0.05) is 6.92 Å². The minimum Gasteiger partial charge on any atom is -0.396 e. The van der Waals surface area contributed by atoms with Crippen molar-refractivity contribution in [3.8, 4) is 11.1 Å². The molecule has 0 spiro atoms. The maximum absolute atomic E-state index is 15.1. The Morgan fingerprint density at radius 3 is 2.79 bits per heavy atom. The van der Waals surface area contributed by atoms with E-state index in [0.717, 1.165) is 16.6 Å². The van der Waals surface area contributed by atoms with E-state index in [1.807, 2.05) is 25.1 Å². The maximum Gasteiger partial charge on any atom is 0.244 e. The minimum atomic E-state index is -0.484. The zero-order chi connectivity index (χ0) is 23.3. The average molecular weight is 446 g/mol. The number of rotatable bonds is 3. The predicted molar refractivity (Wildman–Crippen MR) is 126 cm³/mol. The number of nitrogens with two attached hydrogens (primary N) is 1. The van der Waals surface area contributed by atoms with E-state index < -0.39 is 5.82 Å². The Balaban J connectivity index is 1.52. The third-order valence-corrected chi connectivity index (χ3v) is 6.16. The van der Waals surface area contributed by atoms with E-state index in [-0.39, 0.29) is 24.1 Å². The molecule has 4 aromatic rings. The molecule has 168 valence electrons. The predicted octanol–water partition coefficient (Wildman–Crippen LogP) is 3.84. The van der Waals surface area contributed by atoms with Gasteiger partial charge in [0.2, 0.25) is 5.91 Å². The number of nitrogens with zero attached hydrogens (tertiary/aromatic N) is 5. The topological polar surface area (TPSA) is 102 Å². The molecule has 0 saturated carbocycles. The summed E-state index contributed by atoms with van der Waals surface area (Å²) in [5.41, 5.74) is 9.15. The first-order valence-electron chi connectivity index (χ1n) is 10.7.